The maximum Gasteiger partial charge on any atom is 0.323 e. The van der Waals surface area contributed by atoms with Gasteiger partial charge in [-0.3, -0.25) is 4.79 Å². The number of amides is 3. The maximum absolute atomic E-state index is 12.4. The summed E-state index contributed by atoms with van der Waals surface area (Å²) in [6, 6.07) is 1.12. The van der Waals surface area contributed by atoms with Crippen molar-refractivity contribution in [3.8, 4) is 5.75 Å². The van der Waals surface area contributed by atoms with Crippen LogP contribution in [0.5, 0.6) is 5.75 Å². The lowest BCUT2D eigenvalue weighted by Gasteiger charge is -2.18. The van der Waals surface area contributed by atoms with Crippen LogP contribution in [0.15, 0.2) is 17.6 Å². The van der Waals surface area contributed by atoms with Gasteiger partial charge >= 0.3 is 6.03 Å². The lowest BCUT2D eigenvalue weighted by molar-refractivity contribution is 0.0760. The molecule has 130 valence electrons. The molecule has 9 heteroatoms. The largest absolute Gasteiger partial charge is 0.504 e. The normalized spacial score (nSPS) is 10.5. The Morgan fingerprint density at radius 1 is 1.29 bits per heavy atom. The number of thiophene rings is 1. The van der Waals surface area contributed by atoms with Crippen molar-refractivity contribution in [2.45, 2.75) is 13.8 Å². The van der Waals surface area contributed by atoms with Gasteiger partial charge in [0.15, 0.2) is 11.4 Å². The van der Waals surface area contributed by atoms with Crippen LogP contribution in [0.1, 0.15) is 24.3 Å². The average molecular weight is 371 g/mol. The molecule has 0 aliphatic heterocycles. The van der Waals surface area contributed by atoms with E-state index in [1.165, 1.54) is 22.1 Å². The summed E-state index contributed by atoms with van der Waals surface area (Å²) in [4.78, 5) is 26.1. The summed E-state index contributed by atoms with van der Waals surface area (Å²) < 4.78 is 1.95. The molecule has 0 aromatic carbocycles. The van der Waals surface area contributed by atoms with E-state index in [0.29, 0.717) is 23.1 Å². The number of rotatable bonds is 5. The zero-order chi connectivity index (χ0) is 17.9. The van der Waals surface area contributed by atoms with Gasteiger partial charge in [0.05, 0.1) is 5.69 Å². The summed E-state index contributed by atoms with van der Waals surface area (Å²) in [6.07, 6.45) is 1.49. The van der Waals surface area contributed by atoms with E-state index >= 15 is 0 Å². The second kappa shape index (κ2) is 7.59. The Morgan fingerprint density at radius 2 is 1.92 bits per heavy atom. The van der Waals surface area contributed by atoms with Gasteiger partial charge in [0.25, 0.3) is 5.91 Å². The van der Waals surface area contributed by atoms with Crippen LogP contribution < -0.4 is 10.6 Å². The number of nitrogens with one attached hydrogen (secondary N) is 2. The van der Waals surface area contributed by atoms with Gasteiger partial charge < -0.3 is 25.2 Å². The first-order valence-electron chi connectivity index (χ1n) is 7.37. The van der Waals surface area contributed by atoms with Gasteiger partial charge in [-0.2, -0.15) is 0 Å². The van der Waals surface area contributed by atoms with Crippen molar-refractivity contribution in [2.75, 3.05) is 23.7 Å². The number of halogens is 1. The molecule has 7 nitrogen and oxygen atoms in total. The fourth-order valence-corrected chi connectivity index (χ4v) is 3.11. The third-order valence-corrected chi connectivity index (χ3v) is 4.69. The van der Waals surface area contributed by atoms with Gasteiger partial charge in [0, 0.05) is 26.3 Å². The molecule has 0 aliphatic rings. The Labute approximate surface area is 148 Å². The summed E-state index contributed by atoms with van der Waals surface area (Å²) >= 11 is 7.22. The highest BCUT2D eigenvalue weighted by Crippen LogP contribution is 2.31. The van der Waals surface area contributed by atoms with Crippen molar-refractivity contribution in [1.82, 2.24) is 9.47 Å². The molecule has 0 fully saturated rings. The third kappa shape index (κ3) is 3.65. The second-order valence-corrected chi connectivity index (χ2v) is 6.53. The summed E-state index contributed by atoms with van der Waals surface area (Å²) in [5, 5.41) is 17.2. The van der Waals surface area contributed by atoms with Crippen LogP contribution in [0.2, 0.25) is 4.34 Å². The molecule has 0 atom stereocenters. The lowest BCUT2D eigenvalue weighted by Crippen LogP contribution is -2.31. The van der Waals surface area contributed by atoms with E-state index in [9.17, 15) is 14.7 Å². The van der Waals surface area contributed by atoms with Crippen molar-refractivity contribution in [2.24, 2.45) is 7.05 Å². The van der Waals surface area contributed by atoms with Crippen LogP contribution in [0.4, 0.5) is 16.2 Å². The van der Waals surface area contributed by atoms with Gasteiger partial charge in [0.1, 0.15) is 10.0 Å². The number of carbonyl (C=O) groups excluding carboxylic acids is 2. The number of urea groups is 1. The van der Waals surface area contributed by atoms with E-state index in [1.54, 1.807) is 23.4 Å². The molecule has 3 amide bonds. The third-order valence-electron chi connectivity index (χ3n) is 3.52. The highest BCUT2D eigenvalue weighted by molar-refractivity contribution is 7.15. The molecule has 0 unspecified atom stereocenters. The summed E-state index contributed by atoms with van der Waals surface area (Å²) in [5.41, 5.74) is 0.758. The Hall–Kier alpha value is -2.19. The minimum atomic E-state index is -0.557. The minimum Gasteiger partial charge on any atom is -0.504 e. The van der Waals surface area contributed by atoms with E-state index in [-0.39, 0.29) is 23.0 Å². The van der Waals surface area contributed by atoms with Crippen LogP contribution >= 0.6 is 22.9 Å². The quantitative estimate of drug-likeness (QED) is 0.751. The molecule has 0 radical (unpaired) electrons. The van der Waals surface area contributed by atoms with Crippen molar-refractivity contribution in [1.29, 1.82) is 0 Å². The number of nitrogens with zero attached hydrogens (tertiary/aromatic N) is 2. The molecule has 0 bridgehead atoms. The van der Waals surface area contributed by atoms with Gasteiger partial charge in [-0.05, 0) is 25.3 Å². The standard InChI is InChI=1S/C15H19ClN4O3S/c1-4-20(5-2)14(22)11-12(21)10(8-19(11)3)18-15(23)17-9-6-7-24-13(9)16/h6-8,21H,4-5H2,1-3H3,(H2,17,18,23). The van der Waals surface area contributed by atoms with Crippen LogP contribution in [0, 0.1) is 0 Å². The molecule has 24 heavy (non-hydrogen) atoms. The SMILES string of the molecule is CCN(CC)C(=O)c1c(O)c(NC(=O)Nc2ccsc2Cl)cn1C. The van der Waals surface area contributed by atoms with Crippen molar-refractivity contribution < 1.29 is 14.7 Å². The van der Waals surface area contributed by atoms with E-state index < -0.39 is 6.03 Å². The topological polar surface area (TPSA) is 86.6 Å². The second-order valence-electron chi connectivity index (χ2n) is 5.02. The van der Waals surface area contributed by atoms with Crippen LogP contribution in [-0.4, -0.2) is 39.6 Å². The summed E-state index contributed by atoms with van der Waals surface area (Å²) in [6.45, 7) is 4.77. The molecule has 2 aromatic heterocycles. The number of hydrogen-bond donors (Lipinski definition) is 3. The monoisotopic (exact) mass is 370 g/mol. The molecule has 0 spiro atoms. The molecule has 2 aromatic rings. The smallest absolute Gasteiger partial charge is 0.323 e. The van der Waals surface area contributed by atoms with Crippen molar-refractivity contribution in [3.05, 3.63) is 27.7 Å². The van der Waals surface area contributed by atoms with E-state index in [0.717, 1.165) is 0 Å². The Kier molecular flexibility index (Phi) is 5.74. The van der Waals surface area contributed by atoms with Crippen molar-refractivity contribution >= 4 is 46.3 Å². The van der Waals surface area contributed by atoms with Crippen LogP contribution in [-0.2, 0) is 7.05 Å². The first-order chi connectivity index (χ1) is 11.4. The van der Waals surface area contributed by atoms with Crippen molar-refractivity contribution in [3.63, 3.8) is 0 Å². The van der Waals surface area contributed by atoms with Gasteiger partial charge in [-0.1, -0.05) is 11.6 Å². The zero-order valence-electron chi connectivity index (χ0n) is 13.6. The highest BCUT2D eigenvalue weighted by Gasteiger charge is 2.24. The molecular formula is C15H19ClN4O3S. The zero-order valence-corrected chi connectivity index (χ0v) is 15.2. The van der Waals surface area contributed by atoms with E-state index in [1.807, 2.05) is 13.8 Å². The number of hydrogen-bond acceptors (Lipinski definition) is 4. The molecule has 2 rings (SSSR count). The maximum atomic E-state index is 12.4. The van der Waals surface area contributed by atoms with E-state index in [2.05, 4.69) is 10.6 Å². The molecule has 0 saturated heterocycles. The number of aromatic nitrogens is 1. The summed E-state index contributed by atoms with van der Waals surface area (Å²) in [7, 11) is 1.63. The van der Waals surface area contributed by atoms with Crippen LogP contribution in [0.3, 0.4) is 0 Å². The number of aromatic hydroxyl groups is 1. The molecule has 0 aliphatic carbocycles. The molecule has 2 heterocycles. The molecule has 3 N–H and O–H groups in total. The average Bonchev–Trinajstić information content (AvgIpc) is 3.04. The first kappa shape index (κ1) is 18.2. The Bertz CT molecular complexity index is 752. The predicted octanol–water partition coefficient (Wildman–Crippen LogP) is 3.57. The lowest BCUT2D eigenvalue weighted by atomic mass is 10.3. The Balaban J connectivity index is 2.18. The molecular weight excluding hydrogens is 352 g/mol. The summed E-state index contributed by atoms with van der Waals surface area (Å²) in [5.74, 6) is -0.560. The molecule has 0 saturated carbocycles. The number of aryl methyl sites for hydroxylation is 1. The minimum absolute atomic E-state index is 0.127. The highest BCUT2D eigenvalue weighted by atomic mass is 35.5. The van der Waals surface area contributed by atoms with E-state index in [4.69, 9.17) is 11.6 Å². The van der Waals surface area contributed by atoms with Crippen LogP contribution in [0.25, 0.3) is 0 Å². The fourth-order valence-electron chi connectivity index (χ4n) is 2.28. The van der Waals surface area contributed by atoms with Gasteiger partial charge in [-0.25, -0.2) is 4.79 Å². The van der Waals surface area contributed by atoms with Gasteiger partial charge in [-0.15, -0.1) is 11.3 Å². The predicted molar refractivity (Wildman–Crippen MR) is 96.3 cm³/mol. The number of carbonyl (C=O) groups is 2. The van der Waals surface area contributed by atoms with Gasteiger partial charge in [0.2, 0.25) is 0 Å². The number of anilines is 2. The Morgan fingerprint density at radius 3 is 2.46 bits per heavy atom. The fraction of sp³-hybridized carbons (Fsp3) is 0.333. The first-order valence-corrected chi connectivity index (χ1v) is 8.63.